The Morgan fingerprint density at radius 1 is 1.58 bits per heavy atom. The Morgan fingerprint density at radius 2 is 2.37 bits per heavy atom. The number of aliphatic hydroxyl groups excluding tert-OH is 1. The number of aliphatic hydroxyl groups is 1. The molecule has 0 aromatic carbocycles. The predicted molar refractivity (Wildman–Crippen MR) is 73.9 cm³/mol. The molecule has 2 N–H and O–H groups in total. The van der Waals surface area contributed by atoms with Crippen molar-refractivity contribution in [1.29, 1.82) is 0 Å². The van der Waals surface area contributed by atoms with Crippen LogP contribution in [-0.2, 0) is 0 Å². The molecule has 0 aliphatic heterocycles. The highest BCUT2D eigenvalue weighted by atomic mass is 16.3. The molecular formula is C15H22N2O2. The Labute approximate surface area is 114 Å². The molecular weight excluding hydrogens is 240 g/mol. The van der Waals surface area contributed by atoms with Gasteiger partial charge in [-0.15, -0.1) is 0 Å². The molecule has 2 atom stereocenters. The van der Waals surface area contributed by atoms with Gasteiger partial charge in [-0.05, 0) is 37.3 Å². The predicted octanol–water partition coefficient (Wildman–Crippen LogP) is 2.06. The van der Waals surface area contributed by atoms with Gasteiger partial charge >= 0.3 is 0 Å². The number of hydrogen-bond donors (Lipinski definition) is 2. The van der Waals surface area contributed by atoms with Crippen molar-refractivity contribution in [3.05, 3.63) is 29.6 Å². The fraction of sp³-hybridized carbons (Fsp3) is 0.600. The number of nitrogens with one attached hydrogen (secondary N) is 1. The van der Waals surface area contributed by atoms with E-state index in [0.717, 1.165) is 24.8 Å². The summed E-state index contributed by atoms with van der Waals surface area (Å²) in [6.07, 6.45) is 7.20. The molecule has 1 saturated carbocycles. The highest BCUT2D eigenvalue weighted by Crippen LogP contribution is 2.32. The molecule has 1 amide bonds. The van der Waals surface area contributed by atoms with E-state index >= 15 is 0 Å². The third-order valence-corrected chi connectivity index (χ3v) is 3.91. The van der Waals surface area contributed by atoms with E-state index in [4.69, 9.17) is 0 Å². The zero-order chi connectivity index (χ0) is 13.9. The maximum absolute atomic E-state index is 12.3. The van der Waals surface area contributed by atoms with Crippen LogP contribution in [0.5, 0.6) is 0 Å². The quantitative estimate of drug-likeness (QED) is 0.876. The zero-order valence-corrected chi connectivity index (χ0v) is 11.6. The molecule has 0 saturated heterocycles. The Hall–Kier alpha value is -1.42. The number of pyridine rings is 1. The van der Waals surface area contributed by atoms with Gasteiger partial charge in [0.15, 0.2) is 0 Å². The summed E-state index contributed by atoms with van der Waals surface area (Å²) in [6.45, 7) is 4.08. The first-order chi connectivity index (χ1) is 9.04. The van der Waals surface area contributed by atoms with Crippen molar-refractivity contribution in [3.63, 3.8) is 0 Å². The van der Waals surface area contributed by atoms with Gasteiger partial charge in [0, 0.05) is 12.4 Å². The molecule has 4 heteroatoms. The van der Waals surface area contributed by atoms with Crippen LogP contribution in [0.15, 0.2) is 18.5 Å². The number of carbonyl (C=O) groups excluding carboxylic acids is 1. The second-order valence-corrected chi connectivity index (χ2v) is 5.85. The molecule has 1 aromatic heterocycles. The SMILES string of the molecule is Cc1cncc(C(=O)NC2(CO)CCCC(C)C2)c1. The molecule has 0 bridgehead atoms. The number of carbonyl (C=O) groups is 1. The lowest BCUT2D eigenvalue weighted by Gasteiger charge is -2.39. The minimum absolute atomic E-state index is 0.00231. The van der Waals surface area contributed by atoms with Crippen LogP contribution in [0.3, 0.4) is 0 Å². The van der Waals surface area contributed by atoms with Gasteiger partial charge in [0.05, 0.1) is 17.7 Å². The van der Waals surface area contributed by atoms with E-state index in [1.807, 2.05) is 13.0 Å². The van der Waals surface area contributed by atoms with E-state index in [0.29, 0.717) is 11.5 Å². The van der Waals surface area contributed by atoms with Crippen LogP contribution < -0.4 is 5.32 Å². The van der Waals surface area contributed by atoms with E-state index in [1.54, 1.807) is 12.4 Å². The smallest absolute Gasteiger partial charge is 0.253 e. The van der Waals surface area contributed by atoms with Gasteiger partial charge in [0.1, 0.15) is 0 Å². The summed E-state index contributed by atoms with van der Waals surface area (Å²) in [4.78, 5) is 16.3. The van der Waals surface area contributed by atoms with E-state index < -0.39 is 5.54 Å². The highest BCUT2D eigenvalue weighted by molar-refractivity contribution is 5.94. The Balaban J connectivity index is 2.12. The van der Waals surface area contributed by atoms with Crippen molar-refractivity contribution in [2.45, 2.75) is 45.1 Å². The molecule has 4 nitrogen and oxygen atoms in total. The average molecular weight is 262 g/mol. The summed E-state index contributed by atoms with van der Waals surface area (Å²) in [7, 11) is 0. The van der Waals surface area contributed by atoms with Gasteiger partial charge in [-0.25, -0.2) is 0 Å². The van der Waals surface area contributed by atoms with Gasteiger partial charge in [-0.3, -0.25) is 9.78 Å². The van der Waals surface area contributed by atoms with E-state index in [2.05, 4.69) is 17.2 Å². The minimum atomic E-state index is -0.460. The monoisotopic (exact) mass is 262 g/mol. The fourth-order valence-corrected chi connectivity index (χ4v) is 2.95. The molecule has 0 spiro atoms. The molecule has 1 aliphatic rings. The number of rotatable bonds is 3. The van der Waals surface area contributed by atoms with Gasteiger partial charge in [-0.2, -0.15) is 0 Å². The lowest BCUT2D eigenvalue weighted by molar-refractivity contribution is 0.0696. The highest BCUT2D eigenvalue weighted by Gasteiger charge is 2.35. The molecule has 0 radical (unpaired) electrons. The third kappa shape index (κ3) is 3.32. The van der Waals surface area contributed by atoms with Crippen LogP contribution in [-0.4, -0.2) is 28.1 Å². The number of hydrogen-bond acceptors (Lipinski definition) is 3. The topological polar surface area (TPSA) is 62.2 Å². The van der Waals surface area contributed by atoms with Crippen LogP contribution in [0, 0.1) is 12.8 Å². The summed E-state index contributed by atoms with van der Waals surface area (Å²) in [6, 6.07) is 1.82. The van der Waals surface area contributed by atoms with Crippen molar-refractivity contribution in [1.82, 2.24) is 10.3 Å². The molecule has 19 heavy (non-hydrogen) atoms. The largest absolute Gasteiger partial charge is 0.394 e. The van der Waals surface area contributed by atoms with Crippen LogP contribution in [0.25, 0.3) is 0 Å². The maximum atomic E-state index is 12.3. The second kappa shape index (κ2) is 5.70. The minimum Gasteiger partial charge on any atom is -0.394 e. The summed E-state index contributed by atoms with van der Waals surface area (Å²) in [5.41, 5.74) is 1.06. The Kier molecular flexibility index (Phi) is 4.20. The number of nitrogens with zero attached hydrogens (tertiary/aromatic N) is 1. The van der Waals surface area contributed by atoms with Crippen LogP contribution in [0.4, 0.5) is 0 Å². The maximum Gasteiger partial charge on any atom is 0.253 e. The van der Waals surface area contributed by atoms with Crippen molar-refractivity contribution in [2.24, 2.45) is 5.92 Å². The molecule has 1 aliphatic carbocycles. The first kappa shape index (κ1) is 14.0. The summed E-state index contributed by atoms with van der Waals surface area (Å²) < 4.78 is 0. The number of aromatic nitrogens is 1. The van der Waals surface area contributed by atoms with Gasteiger partial charge in [0.25, 0.3) is 5.91 Å². The van der Waals surface area contributed by atoms with Gasteiger partial charge < -0.3 is 10.4 Å². The Bertz CT molecular complexity index is 461. The fourth-order valence-electron chi connectivity index (χ4n) is 2.95. The summed E-state index contributed by atoms with van der Waals surface area (Å²) in [5, 5.41) is 12.7. The van der Waals surface area contributed by atoms with Crippen molar-refractivity contribution in [3.8, 4) is 0 Å². The van der Waals surface area contributed by atoms with Crippen LogP contribution in [0.2, 0.25) is 0 Å². The molecule has 1 aromatic rings. The van der Waals surface area contributed by atoms with E-state index in [-0.39, 0.29) is 12.5 Å². The molecule has 1 heterocycles. The molecule has 2 rings (SSSR count). The van der Waals surface area contributed by atoms with Crippen LogP contribution >= 0.6 is 0 Å². The van der Waals surface area contributed by atoms with E-state index in [1.165, 1.54) is 6.42 Å². The average Bonchev–Trinajstić information content (AvgIpc) is 2.38. The van der Waals surface area contributed by atoms with Crippen molar-refractivity contribution < 1.29 is 9.90 Å². The lowest BCUT2D eigenvalue weighted by atomic mass is 9.76. The normalized spacial score (nSPS) is 27.0. The Morgan fingerprint density at radius 3 is 3.00 bits per heavy atom. The summed E-state index contributed by atoms with van der Waals surface area (Å²) >= 11 is 0. The van der Waals surface area contributed by atoms with E-state index in [9.17, 15) is 9.90 Å². The summed E-state index contributed by atoms with van der Waals surface area (Å²) in [5.74, 6) is 0.399. The molecule has 1 fully saturated rings. The third-order valence-electron chi connectivity index (χ3n) is 3.91. The number of aryl methyl sites for hydroxylation is 1. The zero-order valence-electron chi connectivity index (χ0n) is 11.6. The molecule has 104 valence electrons. The molecule has 2 unspecified atom stereocenters. The second-order valence-electron chi connectivity index (χ2n) is 5.85. The van der Waals surface area contributed by atoms with Crippen LogP contribution in [0.1, 0.15) is 48.5 Å². The van der Waals surface area contributed by atoms with Crippen molar-refractivity contribution >= 4 is 5.91 Å². The van der Waals surface area contributed by atoms with Crippen molar-refractivity contribution in [2.75, 3.05) is 6.61 Å². The first-order valence-corrected chi connectivity index (χ1v) is 6.90. The van der Waals surface area contributed by atoms with Gasteiger partial charge in [-0.1, -0.05) is 19.8 Å². The lowest BCUT2D eigenvalue weighted by Crippen LogP contribution is -2.53. The standard InChI is InChI=1S/C15H22N2O2/c1-11-4-3-5-15(7-11,10-18)17-14(19)13-6-12(2)8-16-9-13/h6,8-9,11,18H,3-5,7,10H2,1-2H3,(H,17,19). The first-order valence-electron chi connectivity index (χ1n) is 6.90. The number of amides is 1. The van der Waals surface area contributed by atoms with Gasteiger partial charge in [0.2, 0.25) is 0 Å².